The number of aryl methyl sites for hydroxylation is 1. The fourth-order valence-corrected chi connectivity index (χ4v) is 2.90. The Kier molecular flexibility index (Phi) is 4.45. The van der Waals surface area contributed by atoms with E-state index >= 15 is 0 Å². The maximum atomic E-state index is 11.4. The number of hydrogen-bond donors (Lipinski definition) is 2. The molecule has 0 aliphatic carbocycles. The Morgan fingerprint density at radius 2 is 2.23 bits per heavy atom. The summed E-state index contributed by atoms with van der Waals surface area (Å²) >= 11 is 1.65. The molecule has 3 rings (SSSR count). The van der Waals surface area contributed by atoms with Crippen LogP contribution in [0.5, 0.6) is 0 Å². The Labute approximate surface area is 130 Å². The highest BCUT2D eigenvalue weighted by Gasteiger charge is 2.12. The number of rotatable bonds is 4. The molecule has 22 heavy (non-hydrogen) atoms. The summed E-state index contributed by atoms with van der Waals surface area (Å²) in [6.07, 6.45) is 1.69. The van der Waals surface area contributed by atoms with Crippen LogP contribution in [0.4, 0.5) is 10.9 Å². The van der Waals surface area contributed by atoms with Crippen LogP contribution in [0.3, 0.4) is 0 Å². The van der Waals surface area contributed by atoms with Crippen LogP contribution in [0, 0.1) is 6.92 Å². The van der Waals surface area contributed by atoms with Gasteiger partial charge >= 0.3 is 0 Å². The normalized spacial score (nSPS) is 15.4. The molecule has 9 heteroatoms. The Balaban J connectivity index is 1.61. The van der Waals surface area contributed by atoms with E-state index in [9.17, 15) is 4.79 Å². The van der Waals surface area contributed by atoms with Gasteiger partial charge in [-0.2, -0.15) is 5.10 Å². The average Bonchev–Trinajstić information content (AvgIpc) is 3.01. The summed E-state index contributed by atoms with van der Waals surface area (Å²) in [7, 11) is 0. The highest BCUT2D eigenvalue weighted by Crippen LogP contribution is 2.25. The first-order chi connectivity index (χ1) is 10.7. The molecule has 1 saturated heterocycles. The summed E-state index contributed by atoms with van der Waals surface area (Å²) in [5, 5.41) is 12.8. The van der Waals surface area contributed by atoms with Crippen LogP contribution < -0.4 is 15.9 Å². The minimum absolute atomic E-state index is 0.219. The maximum absolute atomic E-state index is 11.4. The Morgan fingerprint density at radius 1 is 1.41 bits per heavy atom. The Morgan fingerprint density at radius 3 is 3.00 bits per heavy atom. The van der Waals surface area contributed by atoms with Gasteiger partial charge in [-0.15, -0.1) is 21.5 Å². The van der Waals surface area contributed by atoms with Crippen LogP contribution in [0.25, 0.3) is 0 Å². The monoisotopic (exact) mass is 320 g/mol. The summed E-state index contributed by atoms with van der Waals surface area (Å²) in [5.41, 5.74) is 2.71. The lowest BCUT2D eigenvalue weighted by atomic mass is 10.4. The van der Waals surface area contributed by atoms with E-state index in [0.29, 0.717) is 5.69 Å². The van der Waals surface area contributed by atoms with Crippen molar-refractivity contribution in [1.29, 1.82) is 0 Å². The van der Waals surface area contributed by atoms with Gasteiger partial charge in [0.15, 0.2) is 0 Å². The minimum atomic E-state index is -0.279. The second-order valence-corrected chi connectivity index (χ2v) is 5.83. The van der Waals surface area contributed by atoms with Crippen LogP contribution in [0.15, 0.2) is 22.0 Å². The molecule has 1 aliphatic heterocycles. The first kappa shape index (κ1) is 14.7. The van der Waals surface area contributed by atoms with E-state index in [1.54, 1.807) is 24.5 Å². The van der Waals surface area contributed by atoms with Gasteiger partial charge in [-0.05, 0) is 19.1 Å². The number of aromatic nitrogens is 3. The lowest BCUT2D eigenvalue weighted by Crippen LogP contribution is -2.35. The molecule has 0 bridgehead atoms. The molecular formula is C13H16N6O2S. The van der Waals surface area contributed by atoms with Gasteiger partial charge in [0, 0.05) is 18.0 Å². The fraction of sp³-hybridized carbons (Fsp3) is 0.385. The average molecular weight is 320 g/mol. The van der Waals surface area contributed by atoms with Crippen molar-refractivity contribution in [2.75, 3.05) is 36.6 Å². The summed E-state index contributed by atoms with van der Waals surface area (Å²) in [4.78, 5) is 17.2. The number of nitrogens with zero attached hydrogens (tertiary/aromatic N) is 4. The van der Waals surface area contributed by atoms with E-state index in [0.717, 1.165) is 31.2 Å². The van der Waals surface area contributed by atoms with Gasteiger partial charge in [0.25, 0.3) is 5.56 Å². The molecule has 2 aromatic heterocycles. The number of hydrazone groups is 1. The highest BCUT2D eigenvalue weighted by atomic mass is 32.1. The first-order valence-corrected chi connectivity index (χ1v) is 7.69. The van der Waals surface area contributed by atoms with Gasteiger partial charge in [0.1, 0.15) is 5.69 Å². The summed E-state index contributed by atoms with van der Waals surface area (Å²) < 4.78 is 5.34. The molecule has 8 nitrogen and oxygen atoms in total. The largest absolute Gasteiger partial charge is 0.378 e. The number of hydrogen-bond acceptors (Lipinski definition) is 8. The minimum Gasteiger partial charge on any atom is -0.378 e. The molecule has 116 valence electrons. The second kappa shape index (κ2) is 6.67. The first-order valence-electron chi connectivity index (χ1n) is 6.87. The molecule has 2 aromatic rings. The van der Waals surface area contributed by atoms with E-state index in [1.165, 1.54) is 5.00 Å². The topological polar surface area (TPSA) is 95.5 Å². The van der Waals surface area contributed by atoms with Gasteiger partial charge in [-0.1, -0.05) is 0 Å². The molecule has 0 unspecified atom stereocenters. The summed E-state index contributed by atoms with van der Waals surface area (Å²) in [6.45, 7) is 4.95. The van der Waals surface area contributed by atoms with Gasteiger partial charge in [-0.3, -0.25) is 9.78 Å². The lowest BCUT2D eigenvalue weighted by Gasteiger charge is -2.27. The Bertz CT molecular complexity index is 719. The molecule has 0 radical (unpaired) electrons. The lowest BCUT2D eigenvalue weighted by molar-refractivity contribution is 0.123. The molecule has 0 atom stereocenters. The van der Waals surface area contributed by atoms with Crippen molar-refractivity contribution in [3.05, 3.63) is 33.1 Å². The number of morpholine rings is 1. The molecule has 1 aliphatic rings. The number of thiophene rings is 1. The van der Waals surface area contributed by atoms with Crippen LogP contribution in [-0.4, -0.2) is 47.7 Å². The summed E-state index contributed by atoms with van der Waals surface area (Å²) in [6, 6.07) is 4.08. The molecule has 1 fully saturated rings. The number of aromatic amines is 1. The van der Waals surface area contributed by atoms with Crippen molar-refractivity contribution >= 4 is 28.5 Å². The fourth-order valence-electron chi connectivity index (χ4n) is 1.97. The van der Waals surface area contributed by atoms with Crippen LogP contribution in [0.1, 0.15) is 10.6 Å². The third kappa shape index (κ3) is 3.49. The van der Waals surface area contributed by atoms with E-state index in [-0.39, 0.29) is 11.5 Å². The predicted molar refractivity (Wildman–Crippen MR) is 86.0 cm³/mol. The van der Waals surface area contributed by atoms with E-state index in [4.69, 9.17) is 4.74 Å². The van der Waals surface area contributed by atoms with Crippen LogP contribution >= 0.6 is 11.3 Å². The van der Waals surface area contributed by atoms with Gasteiger partial charge in [0.05, 0.1) is 24.4 Å². The highest BCUT2D eigenvalue weighted by molar-refractivity contribution is 7.17. The number of H-pyrrole nitrogens is 1. The zero-order valence-corrected chi connectivity index (χ0v) is 12.9. The predicted octanol–water partition coefficient (Wildman–Crippen LogP) is 0.817. The third-order valence-corrected chi connectivity index (χ3v) is 4.24. The zero-order valence-electron chi connectivity index (χ0n) is 12.1. The third-order valence-electron chi connectivity index (χ3n) is 3.16. The van der Waals surface area contributed by atoms with Crippen molar-refractivity contribution in [1.82, 2.24) is 15.2 Å². The van der Waals surface area contributed by atoms with E-state index in [1.807, 2.05) is 6.07 Å². The summed E-state index contributed by atoms with van der Waals surface area (Å²) in [5.74, 6) is 0.219. The van der Waals surface area contributed by atoms with Crippen molar-refractivity contribution in [3.8, 4) is 0 Å². The molecule has 0 spiro atoms. The van der Waals surface area contributed by atoms with Gasteiger partial charge in [-0.25, -0.2) is 5.43 Å². The molecule has 2 N–H and O–H groups in total. The molecule has 0 saturated carbocycles. The van der Waals surface area contributed by atoms with Crippen molar-refractivity contribution in [2.45, 2.75) is 6.92 Å². The van der Waals surface area contributed by atoms with Gasteiger partial charge in [0.2, 0.25) is 5.95 Å². The van der Waals surface area contributed by atoms with E-state index < -0.39 is 0 Å². The molecular weight excluding hydrogens is 304 g/mol. The van der Waals surface area contributed by atoms with Crippen molar-refractivity contribution in [2.24, 2.45) is 5.10 Å². The van der Waals surface area contributed by atoms with E-state index in [2.05, 4.69) is 36.7 Å². The number of nitrogens with one attached hydrogen (secondary N) is 2. The Hall–Kier alpha value is -2.26. The quantitative estimate of drug-likeness (QED) is 0.639. The molecule has 0 amide bonds. The molecule has 3 heterocycles. The number of anilines is 2. The van der Waals surface area contributed by atoms with Crippen molar-refractivity contribution < 1.29 is 4.74 Å². The number of ether oxygens (including phenoxy) is 1. The smallest absolute Gasteiger partial charge is 0.274 e. The van der Waals surface area contributed by atoms with Gasteiger partial charge < -0.3 is 9.64 Å². The van der Waals surface area contributed by atoms with Crippen LogP contribution in [-0.2, 0) is 4.74 Å². The maximum Gasteiger partial charge on any atom is 0.274 e. The zero-order chi connectivity index (χ0) is 15.4. The second-order valence-electron chi connectivity index (χ2n) is 4.73. The SMILES string of the molecule is Cc1nnc(N/N=C\c2ccc(N3CCOCC3)s2)[nH]c1=O. The van der Waals surface area contributed by atoms with Crippen LogP contribution in [0.2, 0.25) is 0 Å². The molecule has 0 aromatic carbocycles. The standard InChI is InChI=1S/C13H16N6O2S/c1-9-12(20)15-13(18-16-9)17-14-8-10-2-3-11(22-10)19-4-6-21-7-5-19/h2-3,8H,4-7H2,1H3,(H2,15,17,18,20)/b14-8-. The van der Waals surface area contributed by atoms with Crippen molar-refractivity contribution in [3.63, 3.8) is 0 Å².